The minimum Gasteiger partial charge on any atom is -0.326 e. The molecule has 1 amide bonds. The van der Waals surface area contributed by atoms with Gasteiger partial charge in [-0.3, -0.25) is 9.59 Å². The molecule has 0 aromatic heterocycles. The molecule has 0 unspecified atom stereocenters. The van der Waals surface area contributed by atoms with Crippen molar-refractivity contribution in [3.8, 4) is 0 Å². The van der Waals surface area contributed by atoms with Crippen LogP contribution < -0.4 is 5.32 Å². The van der Waals surface area contributed by atoms with Crippen LogP contribution in [0.2, 0.25) is 0 Å². The third-order valence-corrected chi connectivity index (χ3v) is 2.71. The molecule has 108 valence electrons. The van der Waals surface area contributed by atoms with Crippen molar-refractivity contribution in [1.29, 1.82) is 0 Å². The van der Waals surface area contributed by atoms with Crippen molar-refractivity contribution in [3.05, 3.63) is 65.0 Å². The van der Waals surface area contributed by atoms with Crippen molar-refractivity contribution < 1.29 is 22.8 Å². The van der Waals surface area contributed by atoms with Gasteiger partial charge in [-0.1, -0.05) is 0 Å². The van der Waals surface area contributed by atoms with Gasteiger partial charge in [-0.25, -0.2) is 13.2 Å². The quantitative estimate of drug-likeness (QED) is 0.697. The number of benzene rings is 2. The van der Waals surface area contributed by atoms with E-state index in [2.05, 4.69) is 5.32 Å². The SMILES string of the molecule is CC(=O)Nc1ccc(C(=O)c2cc(F)c(F)c(F)c2)cc1. The highest BCUT2D eigenvalue weighted by molar-refractivity contribution is 6.09. The van der Waals surface area contributed by atoms with Gasteiger partial charge in [0.2, 0.25) is 5.91 Å². The van der Waals surface area contributed by atoms with Crippen molar-refractivity contribution in [1.82, 2.24) is 0 Å². The molecule has 0 saturated heterocycles. The first kappa shape index (κ1) is 14.8. The van der Waals surface area contributed by atoms with E-state index in [-0.39, 0.29) is 17.0 Å². The fourth-order valence-corrected chi connectivity index (χ4v) is 1.76. The average Bonchev–Trinajstić information content (AvgIpc) is 2.43. The number of hydrogen-bond acceptors (Lipinski definition) is 2. The summed E-state index contributed by atoms with van der Waals surface area (Å²) in [4.78, 5) is 22.9. The fourth-order valence-electron chi connectivity index (χ4n) is 1.76. The largest absolute Gasteiger partial charge is 0.326 e. The van der Waals surface area contributed by atoms with E-state index < -0.39 is 23.2 Å². The normalized spacial score (nSPS) is 10.3. The molecule has 0 atom stereocenters. The van der Waals surface area contributed by atoms with Crippen molar-refractivity contribution in [3.63, 3.8) is 0 Å². The maximum Gasteiger partial charge on any atom is 0.221 e. The van der Waals surface area contributed by atoms with Crippen LogP contribution in [0.1, 0.15) is 22.8 Å². The molecule has 0 aliphatic carbocycles. The summed E-state index contributed by atoms with van der Waals surface area (Å²) in [5.74, 6) is -5.38. The molecule has 6 heteroatoms. The number of carbonyl (C=O) groups excluding carboxylic acids is 2. The van der Waals surface area contributed by atoms with E-state index in [1.165, 1.54) is 31.2 Å². The van der Waals surface area contributed by atoms with E-state index in [1.807, 2.05) is 0 Å². The number of rotatable bonds is 3. The second-order valence-electron chi connectivity index (χ2n) is 4.34. The summed E-state index contributed by atoms with van der Waals surface area (Å²) in [5.41, 5.74) is 0.351. The lowest BCUT2D eigenvalue weighted by molar-refractivity contribution is -0.114. The summed E-state index contributed by atoms with van der Waals surface area (Å²) in [5, 5.41) is 2.52. The van der Waals surface area contributed by atoms with E-state index in [4.69, 9.17) is 0 Å². The van der Waals surface area contributed by atoms with Gasteiger partial charge in [0.25, 0.3) is 0 Å². The highest BCUT2D eigenvalue weighted by Gasteiger charge is 2.16. The van der Waals surface area contributed by atoms with Crippen LogP contribution in [0.15, 0.2) is 36.4 Å². The second-order valence-corrected chi connectivity index (χ2v) is 4.34. The fraction of sp³-hybridized carbons (Fsp3) is 0.0667. The van der Waals surface area contributed by atoms with Crippen LogP contribution in [0.25, 0.3) is 0 Å². The first-order valence-corrected chi connectivity index (χ1v) is 5.95. The number of amides is 1. The van der Waals surface area contributed by atoms with Crippen LogP contribution in [0.4, 0.5) is 18.9 Å². The monoisotopic (exact) mass is 293 g/mol. The standard InChI is InChI=1S/C15H10F3NO2/c1-8(20)19-11-4-2-9(3-5-11)15(21)10-6-12(16)14(18)13(17)7-10/h2-7H,1H3,(H,19,20). The van der Waals surface area contributed by atoms with E-state index in [0.717, 1.165) is 0 Å². The predicted molar refractivity (Wildman–Crippen MR) is 70.5 cm³/mol. The molecule has 0 aliphatic heterocycles. The van der Waals surface area contributed by atoms with Gasteiger partial charge >= 0.3 is 0 Å². The Labute approximate surface area is 118 Å². The molecule has 0 aliphatic rings. The number of ketones is 1. The summed E-state index contributed by atoms with van der Waals surface area (Å²) >= 11 is 0. The zero-order chi connectivity index (χ0) is 15.6. The Hall–Kier alpha value is -2.63. The highest BCUT2D eigenvalue weighted by atomic mass is 19.2. The molecule has 2 rings (SSSR count). The minimum atomic E-state index is -1.62. The van der Waals surface area contributed by atoms with Gasteiger partial charge in [-0.2, -0.15) is 0 Å². The van der Waals surface area contributed by atoms with Gasteiger partial charge in [0.05, 0.1) is 0 Å². The predicted octanol–water partition coefficient (Wildman–Crippen LogP) is 3.29. The Morgan fingerprint density at radius 3 is 1.90 bits per heavy atom. The van der Waals surface area contributed by atoms with Crippen LogP contribution in [-0.2, 0) is 4.79 Å². The zero-order valence-corrected chi connectivity index (χ0v) is 10.9. The van der Waals surface area contributed by atoms with Crippen molar-refractivity contribution in [2.24, 2.45) is 0 Å². The number of halogens is 3. The number of carbonyl (C=O) groups is 2. The smallest absolute Gasteiger partial charge is 0.221 e. The number of anilines is 1. The molecule has 0 heterocycles. The van der Waals surface area contributed by atoms with Crippen molar-refractivity contribution in [2.45, 2.75) is 6.92 Å². The van der Waals surface area contributed by atoms with Crippen LogP contribution in [0.5, 0.6) is 0 Å². The van der Waals surface area contributed by atoms with Crippen molar-refractivity contribution in [2.75, 3.05) is 5.32 Å². The number of nitrogens with one attached hydrogen (secondary N) is 1. The Morgan fingerprint density at radius 2 is 1.43 bits per heavy atom. The second kappa shape index (κ2) is 5.78. The van der Waals surface area contributed by atoms with E-state index >= 15 is 0 Å². The molecule has 21 heavy (non-hydrogen) atoms. The van der Waals surface area contributed by atoms with Gasteiger partial charge < -0.3 is 5.32 Å². The maximum atomic E-state index is 13.1. The number of hydrogen-bond donors (Lipinski definition) is 1. The topological polar surface area (TPSA) is 46.2 Å². The van der Waals surface area contributed by atoms with Gasteiger partial charge in [0.1, 0.15) is 0 Å². The third-order valence-electron chi connectivity index (χ3n) is 2.71. The Balaban J connectivity index is 2.30. The Kier molecular flexibility index (Phi) is 4.07. The molecule has 0 saturated carbocycles. The van der Waals surface area contributed by atoms with Gasteiger partial charge in [0, 0.05) is 23.7 Å². The van der Waals surface area contributed by atoms with E-state index in [9.17, 15) is 22.8 Å². The molecule has 2 aromatic rings. The molecular formula is C15H10F3NO2. The summed E-state index contributed by atoms with van der Waals surface area (Å²) in [6.07, 6.45) is 0. The summed E-state index contributed by atoms with van der Waals surface area (Å²) in [7, 11) is 0. The maximum absolute atomic E-state index is 13.1. The molecule has 0 spiro atoms. The average molecular weight is 293 g/mol. The third kappa shape index (κ3) is 3.28. The zero-order valence-electron chi connectivity index (χ0n) is 10.9. The lowest BCUT2D eigenvalue weighted by Gasteiger charge is -2.05. The molecule has 0 radical (unpaired) electrons. The van der Waals surface area contributed by atoms with Gasteiger partial charge in [-0.15, -0.1) is 0 Å². The summed E-state index contributed by atoms with van der Waals surface area (Å²) in [6.45, 7) is 1.34. The minimum absolute atomic E-state index is 0.162. The van der Waals surface area contributed by atoms with Crippen LogP contribution >= 0.6 is 0 Å². The molecular weight excluding hydrogens is 283 g/mol. The van der Waals surface area contributed by atoms with Gasteiger partial charge in [-0.05, 0) is 36.4 Å². The molecule has 1 N–H and O–H groups in total. The summed E-state index contributed by atoms with van der Waals surface area (Å²) in [6, 6.07) is 7.03. The van der Waals surface area contributed by atoms with Crippen LogP contribution in [0.3, 0.4) is 0 Å². The first-order chi connectivity index (χ1) is 9.88. The van der Waals surface area contributed by atoms with Crippen LogP contribution in [0, 0.1) is 17.5 Å². The highest BCUT2D eigenvalue weighted by Crippen LogP contribution is 2.18. The van der Waals surface area contributed by atoms with Crippen molar-refractivity contribution >= 4 is 17.4 Å². The Bertz CT molecular complexity index is 688. The molecule has 2 aromatic carbocycles. The molecule has 0 bridgehead atoms. The van der Waals surface area contributed by atoms with Gasteiger partial charge in [0.15, 0.2) is 23.2 Å². The van der Waals surface area contributed by atoms with E-state index in [0.29, 0.717) is 17.8 Å². The lowest BCUT2D eigenvalue weighted by atomic mass is 10.0. The van der Waals surface area contributed by atoms with Crippen LogP contribution in [-0.4, -0.2) is 11.7 Å². The summed E-state index contributed by atoms with van der Waals surface area (Å²) < 4.78 is 39.1. The molecule has 3 nitrogen and oxygen atoms in total. The first-order valence-electron chi connectivity index (χ1n) is 5.95. The molecule has 0 fully saturated rings. The lowest BCUT2D eigenvalue weighted by Crippen LogP contribution is -2.07. The van der Waals surface area contributed by atoms with E-state index in [1.54, 1.807) is 0 Å². The Morgan fingerprint density at radius 1 is 0.905 bits per heavy atom.